The molecule has 0 saturated heterocycles. The predicted octanol–water partition coefficient (Wildman–Crippen LogP) is 3.17. The summed E-state index contributed by atoms with van der Waals surface area (Å²) in [6.45, 7) is 1.69. The first kappa shape index (κ1) is 16.3. The van der Waals surface area contributed by atoms with E-state index in [1.165, 1.54) is 32.4 Å². The largest absolute Gasteiger partial charge is 0.497 e. The van der Waals surface area contributed by atoms with Gasteiger partial charge in [0, 0.05) is 23.9 Å². The first-order valence-corrected chi connectivity index (χ1v) is 6.74. The van der Waals surface area contributed by atoms with Crippen LogP contribution in [0.4, 0.5) is 11.4 Å². The highest BCUT2D eigenvalue weighted by molar-refractivity contribution is 6.06. The van der Waals surface area contributed by atoms with E-state index in [1.54, 1.807) is 25.1 Å². The molecule has 2 rings (SSSR count). The first-order chi connectivity index (χ1) is 11.0. The van der Waals surface area contributed by atoms with E-state index in [9.17, 15) is 14.9 Å². The van der Waals surface area contributed by atoms with Crippen LogP contribution in [-0.4, -0.2) is 25.1 Å². The van der Waals surface area contributed by atoms with Crippen molar-refractivity contribution < 1.29 is 19.2 Å². The lowest BCUT2D eigenvalue weighted by Crippen LogP contribution is -2.14. The summed E-state index contributed by atoms with van der Waals surface area (Å²) in [4.78, 5) is 22.7. The van der Waals surface area contributed by atoms with Crippen LogP contribution in [-0.2, 0) is 0 Å². The fourth-order valence-electron chi connectivity index (χ4n) is 2.08. The minimum Gasteiger partial charge on any atom is -0.497 e. The molecule has 0 fully saturated rings. The van der Waals surface area contributed by atoms with Crippen molar-refractivity contribution in [2.75, 3.05) is 19.5 Å². The number of nitrogens with one attached hydrogen (secondary N) is 1. The summed E-state index contributed by atoms with van der Waals surface area (Å²) in [5.41, 5.74) is 1.41. The highest BCUT2D eigenvalue weighted by atomic mass is 16.6. The average Bonchev–Trinajstić information content (AvgIpc) is 2.55. The summed E-state index contributed by atoms with van der Waals surface area (Å²) in [5.74, 6) is 0.577. The Labute approximate surface area is 133 Å². The van der Waals surface area contributed by atoms with E-state index in [1.807, 2.05) is 0 Å². The van der Waals surface area contributed by atoms with Crippen LogP contribution in [0.25, 0.3) is 0 Å². The fourth-order valence-corrected chi connectivity index (χ4v) is 2.08. The van der Waals surface area contributed by atoms with E-state index < -0.39 is 4.92 Å². The second-order valence-corrected chi connectivity index (χ2v) is 4.78. The van der Waals surface area contributed by atoms with E-state index in [-0.39, 0.29) is 11.6 Å². The van der Waals surface area contributed by atoms with Gasteiger partial charge in [0.1, 0.15) is 11.5 Å². The summed E-state index contributed by atoms with van der Waals surface area (Å²) >= 11 is 0. The number of rotatable bonds is 5. The molecule has 7 nitrogen and oxygen atoms in total. The van der Waals surface area contributed by atoms with E-state index in [0.29, 0.717) is 28.3 Å². The standard InChI is InChI=1S/C16H16N2O5/c1-10-8-11(18(20)21)4-7-14(10)17-16(19)13-6-5-12(22-2)9-15(13)23-3/h4-9H,1-3H3,(H,17,19). The molecule has 120 valence electrons. The Morgan fingerprint density at radius 1 is 1.13 bits per heavy atom. The lowest BCUT2D eigenvalue weighted by atomic mass is 10.1. The third-order valence-corrected chi connectivity index (χ3v) is 3.32. The number of hydrogen-bond donors (Lipinski definition) is 1. The molecule has 0 spiro atoms. The first-order valence-electron chi connectivity index (χ1n) is 6.74. The number of carbonyl (C=O) groups is 1. The zero-order chi connectivity index (χ0) is 17.0. The van der Waals surface area contributed by atoms with Crippen molar-refractivity contribution in [1.29, 1.82) is 0 Å². The molecule has 0 unspecified atom stereocenters. The zero-order valence-electron chi connectivity index (χ0n) is 13.0. The molecule has 2 aromatic rings. The van der Waals surface area contributed by atoms with Crippen molar-refractivity contribution in [3.63, 3.8) is 0 Å². The molecule has 1 N–H and O–H groups in total. The van der Waals surface area contributed by atoms with Crippen molar-refractivity contribution in [2.24, 2.45) is 0 Å². The molecule has 0 radical (unpaired) electrons. The molecule has 0 heterocycles. The summed E-state index contributed by atoms with van der Waals surface area (Å²) in [6.07, 6.45) is 0. The molecule has 0 atom stereocenters. The van der Waals surface area contributed by atoms with Crippen molar-refractivity contribution in [3.8, 4) is 11.5 Å². The Kier molecular flexibility index (Phi) is 4.80. The van der Waals surface area contributed by atoms with Gasteiger partial charge in [-0.3, -0.25) is 14.9 Å². The van der Waals surface area contributed by atoms with Gasteiger partial charge in [-0.05, 0) is 30.7 Å². The smallest absolute Gasteiger partial charge is 0.269 e. The van der Waals surface area contributed by atoms with Crippen LogP contribution in [0.3, 0.4) is 0 Å². The molecule has 0 aliphatic carbocycles. The molecule has 0 aliphatic heterocycles. The Balaban J connectivity index is 2.27. The van der Waals surface area contributed by atoms with E-state index in [0.717, 1.165) is 0 Å². The number of nitro benzene ring substituents is 1. The van der Waals surface area contributed by atoms with Crippen LogP contribution in [0.15, 0.2) is 36.4 Å². The third kappa shape index (κ3) is 3.57. The van der Waals surface area contributed by atoms with Crippen LogP contribution in [0, 0.1) is 17.0 Å². The van der Waals surface area contributed by atoms with Crippen LogP contribution < -0.4 is 14.8 Å². The van der Waals surface area contributed by atoms with E-state index >= 15 is 0 Å². The number of anilines is 1. The van der Waals surface area contributed by atoms with Gasteiger partial charge in [0.15, 0.2) is 0 Å². The second kappa shape index (κ2) is 6.78. The van der Waals surface area contributed by atoms with Gasteiger partial charge in [-0.2, -0.15) is 0 Å². The van der Waals surface area contributed by atoms with Crippen molar-refractivity contribution in [2.45, 2.75) is 6.92 Å². The highest BCUT2D eigenvalue weighted by Crippen LogP contribution is 2.27. The Bertz CT molecular complexity index is 758. The van der Waals surface area contributed by atoms with Crippen molar-refractivity contribution in [1.82, 2.24) is 0 Å². The summed E-state index contributed by atoms with van der Waals surface area (Å²) in [6, 6.07) is 9.10. The van der Waals surface area contributed by atoms with Crippen LogP contribution in [0.5, 0.6) is 11.5 Å². The number of ether oxygens (including phenoxy) is 2. The van der Waals surface area contributed by atoms with Gasteiger partial charge in [0.05, 0.1) is 24.7 Å². The third-order valence-electron chi connectivity index (χ3n) is 3.32. The lowest BCUT2D eigenvalue weighted by Gasteiger charge is -2.12. The number of non-ortho nitro benzene ring substituents is 1. The number of methoxy groups -OCH3 is 2. The normalized spacial score (nSPS) is 10.0. The van der Waals surface area contributed by atoms with Gasteiger partial charge >= 0.3 is 0 Å². The molecule has 0 bridgehead atoms. The van der Waals surface area contributed by atoms with Gasteiger partial charge in [0.2, 0.25) is 0 Å². The number of aryl methyl sites for hydroxylation is 1. The number of carbonyl (C=O) groups excluding carboxylic acids is 1. The summed E-state index contributed by atoms with van der Waals surface area (Å²) in [7, 11) is 2.98. The monoisotopic (exact) mass is 316 g/mol. The fraction of sp³-hybridized carbons (Fsp3) is 0.188. The number of amides is 1. The second-order valence-electron chi connectivity index (χ2n) is 4.78. The minimum atomic E-state index is -0.481. The Morgan fingerprint density at radius 3 is 2.43 bits per heavy atom. The number of benzene rings is 2. The maximum atomic E-state index is 12.4. The average molecular weight is 316 g/mol. The quantitative estimate of drug-likeness (QED) is 0.676. The molecular weight excluding hydrogens is 300 g/mol. The number of nitrogens with zero attached hydrogens (tertiary/aromatic N) is 1. The molecular formula is C16H16N2O5. The predicted molar refractivity (Wildman–Crippen MR) is 85.3 cm³/mol. The molecule has 2 aromatic carbocycles. The molecule has 23 heavy (non-hydrogen) atoms. The van der Waals surface area contributed by atoms with Gasteiger partial charge < -0.3 is 14.8 Å². The van der Waals surface area contributed by atoms with Crippen molar-refractivity contribution in [3.05, 3.63) is 57.6 Å². The van der Waals surface area contributed by atoms with Crippen LogP contribution in [0.2, 0.25) is 0 Å². The molecule has 0 aliphatic rings. The SMILES string of the molecule is COc1ccc(C(=O)Nc2ccc([N+](=O)[O-])cc2C)c(OC)c1. The topological polar surface area (TPSA) is 90.7 Å². The molecule has 0 saturated carbocycles. The van der Waals surface area contributed by atoms with Gasteiger partial charge in [0.25, 0.3) is 11.6 Å². The maximum Gasteiger partial charge on any atom is 0.269 e. The van der Waals surface area contributed by atoms with Crippen LogP contribution >= 0.6 is 0 Å². The van der Waals surface area contributed by atoms with Gasteiger partial charge in [-0.1, -0.05) is 0 Å². The Hall–Kier alpha value is -3.09. The molecule has 7 heteroatoms. The van der Waals surface area contributed by atoms with E-state index in [4.69, 9.17) is 9.47 Å². The Morgan fingerprint density at radius 2 is 1.87 bits per heavy atom. The maximum absolute atomic E-state index is 12.4. The van der Waals surface area contributed by atoms with Gasteiger partial charge in [-0.15, -0.1) is 0 Å². The van der Waals surface area contributed by atoms with Crippen molar-refractivity contribution >= 4 is 17.3 Å². The molecule has 1 amide bonds. The molecule has 0 aromatic heterocycles. The summed E-state index contributed by atoms with van der Waals surface area (Å²) in [5, 5.41) is 13.5. The highest BCUT2D eigenvalue weighted by Gasteiger charge is 2.15. The van der Waals surface area contributed by atoms with E-state index in [2.05, 4.69) is 5.32 Å². The van der Waals surface area contributed by atoms with Gasteiger partial charge in [-0.25, -0.2) is 0 Å². The number of nitro groups is 1. The summed E-state index contributed by atoms with van der Waals surface area (Å²) < 4.78 is 10.3. The van der Waals surface area contributed by atoms with Crippen LogP contribution in [0.1, 0.15) is 15.9 Å². The zero-order valence-corrected chi connectivity index (χ0v) is 13.0. The minimum absolute atomic E-state index is 0.0254. The lowest BCUT2D eigenvalue weighted by molar-refractivity contribution is -0.384. The number of hydrogen-bond acceptors (Lipinski definition) is 5.